The van der Waals surface area contributed by atoms with E-state index in [9.17, 15) is 13.8 Å². The second-order valence-electron chi connectivity index (χ2n) is 5.14. The number of carbonyl (C=O) groups excluding carboxylic acids is 2. The van der Waals surface area contributed by atoms with Crippen molar-refractivity contribution < 1.29 is 18.5 Å². The molecule has 0 bridgehead atoms. The van der Waals surface area contributed by atoms with Gasteiger partial charge in [0.05, 0.1) is 17.2 Å². The SMILES string of the molecule is CCCCOC(=O)/C=C/c1cccc(Cl)c1C(=O)N=S(C)(C)=O. The number of unbranched alkanes of at least 4 members (excludes halogenated alkanes) is 1. The van der Waals surface area contributed by atoms with E-state index in [1.54, 1.807) is 12.1 Å². The molecule has 126 valence electrons. The quantitative estimate of drug-likeness (QED) is 0.443. The van der Waals surface area contributed by atoms with Gasteiger partial charge in [0, 0.05) is 28.3 Å². The highest BCUT2D eigenvalue weighted by atomic mass is 35.5. The van der Waals surface area contributed by atoms with Gasteiger partial charge in [0.2, 0.25) is 0 Å². The smallest absolute Gasteiger partial charge is 0.330 e. The fraction of sp³-hybridized carbons (Fsp3) is 0.375. The Morgan fingerprint density at radius 2 is 2.04 bits per heavy atom. The van der Waals surface area contributed by atoms with Gasteiger partial charge in [0.25, 0.3) is 5.91 Å². The maximum absolute atomic E-state index is 12.2. The van der Waals surface area contributed by atoms with Crippen LogP contribution in [0.1, 0.15) is 35.7 Å². The third-order valence-corrected chi connectivity index (χ3v) is 3.62. The highest BCUT2D eigenvalue weighted by molar-refractivity contribution is 7.92. The Balaban J connectivity index is 3.05. The monoisotopic (exact) mass is 357 g/mol. The number of amides is 1. The van der Waals surface area contributed by atoms with Gasteiger partial charge >= 0.3 is 5.97 Å². The van der Waals surface area contributed by atoms with Gasteiger partial charge in [-0.1, -0.05) is 37.1 Å². The Kier molecular flexibility index (Phi) is 7.45. The van der Waals surface area contributed by atoms with Crippen molar-refractivity contribution in [3.63, 3.8) is 0 Å². The summed E-state index contributed by atoms with van der Waals surface area (Å²) < 4.78 is 20.3. The van der Waals surface area contributed by atoms with Gasteiger partial charge in [-0.25, -0.2) is 9.00 Å². The van der Waals surface area contributed by atoms with E-state index in [0.717, 1.165) is 12.8 Å². The molecule has 0 aliphatic carbocycles. The standard InChI is InChI=1S/C16H20ClNO4S/c1-4-5-11-22-14(19)10-9-12-7-6-8-13(17)15(12)16(20)18-23(2,3)21/h6-10H,4-5,11H2,1-3H3/b10-9+. The summed E-state index contributed by atoms with van der Waals surface area (Å²) in [6.07, 6.45) is 7.12. The average Bonchev–Trinajstić information content (AvgIpc) is 2.43. The third-order valence-electron chi connectivity index (χ3n) is 2.70. The average molecular weight is 358 g/mol. The molecule has 0 saturated carbocycles. The number of hydrogen-bond donors (Lipinski definition) is 0. The van der Waals surface area contributed by atoms with Gasteiger partial charge in [-0.15, -0.1) is 0 Å². The molecule has 1 aromatic rings. The van der Waals surface area contributed by atoms with E-state index >= 15 is 0 Å². The molecule has 1 amide bonds. The van der Waals surface area contributed by atoms with E-state index < -0.39 is 21.6 Å². The van der Waals surface area contributed by atoms with E-state index in [1.807, 2.05) is 6.92 Å². The summed E-state index contributed by atoms with van der Waals surface area (Å²) in [4.78, 5) is 23.8. The Morgan fingerprint density at radius 3 is 2.65 bits per heavy atom. The zero-order chi connectivity index (χ0) is 17.5. The molecule has 0 aliphatic rings. The van der Waals surface area contributed by atoms with Crippen LogP contribution in [0, 0.1) is 0 Å². The van der Waals surface area contributed by atoms with E-state index in [1.165, 1.54) is 30.7 Å². The first-order chi connectivity index (χ1) is 10.7. The van der Waals surface area contributed by atoms with Crippen molar-refractivity contribution in [2.24, 2.45) is 4.36 Å². The van der Waals surface area contributed by atoms with Crippen molar-refractivity contribution in [2.75, 3.05) is 19.1 Å². The van der Waals surface area contributed by atoms with Gasteiger partial charge in [0.1, 0.15) is 0 Å². The molecule has 0 fully saturated rings. The molecule has 0 heterocycles. The highest BCUT2D eigenvalue weighted by Gasteiger charge is 2.15. The number of benzene rings is 1. The predicted molar refractivity (Wildman–Crippen MR) is 93.1 cm³/mol. The van der Waals surface area contributed by atoms with Crippen LogP contribution >= 0.6 is 11.6 Å². The molecule has 23 heavy (non-hydrogen) atoms. The third kappa shape index (κ3) is 6.97. The van der Waals surface area contributed by atoms with Crippen LogP contribution in [0.5, 0.6) is 0 Å². The van der Waals surface area contributed by atoms with Crippen LogP contribution < -0.4 is 0 Å². The molecule has 5 nitrogen and oxygen atoms in total. The van der Waals surface area contributed by atoms with Gasteiger partial charge in [0.15, 0.2) is 0 Å². The number of nitrogens with zero attached hydrogens (tertiary/aromatic N) is 1. The molecule has 0 aromatic heterocycles. The summed E-state index contributed by atoms with van der Waals surface area (Å²) in [5.74, 6) is -1.17. The maximum atomic E-state index is 12.2. The molecular formula is C16H20ClNO4S. The van der Waals surface area contributed by atoms with Crippen molar-refractivity contribution in [3.8, 4) is 0 Å². The van der Waals surface area contributed by atoms with E-state index in [2.05, 4.69) is 4.36 Å². The first kappa shape index (κ1) is 19.4. The summed E-state index contributed by atoms with van der Waals surface area (Å²) in [6, 6.07) is 4.81. The van der Waals surface area contributed by atoms with Gasteiger partial charge in [-0.3, -0.25) is 4.79 Å². The number of rotatable bonds is 6. The highest BCUT2D eigenvalue weighted by Crippen LogP contribution is 2.22. The summed E-state index contributed by atoms with van der Waals surface area (Å²) in [6.45, 7) is 2.35. The molecule has 0 saturated heterocycles. The number of halogens is 1. The fourth-order valence-corrected chi connectivity index (χ4v) is 2.43. The number of hydrogen-bond acceptors (Lipinski definition) is 4. The Hall–Kier alpha value is -1.66. The van der Waals surface area contributed by atoms with Gasteiger partial charge in [-0.05, 0) is 24.1 Å². The lowest BCUT2D eigenvalue weighted by atomic mass is 10.1. The minimum absolute atomic E-state index is 0.114. The minimum Gasteiger partial charge on any atom is -0.463 e. The largest absolute Gasteiger partial charge is 0.463 e. The van der Waals surface area contributed by atoms with Gasteiger partial charge in [-0.2, -0.15) is 4.36 Å². The molecule has 1 aromatic carbocycles. The molecule has 7 heteroatoms. The number of esters is 1. The molecular weight excluding hydrogens is 338 g/mol. The van der Waals surface area contributed by atoms with Crippen molar-refractivity contribution in [3.05, 3.63) is 40.4 Å². The molecule has 0 spiro atoms. The van der Waals surface area contributed by atoms with Crippen LogP contribution in [0.2, 0.25) is 5.02 Å². The van der Waals surface area contributed by atoms with Crippen LogP contribution in [0.4, 0.5) is 0 Å². The van der Waals surface area contributed by atoms with Crippen molar-refractivity contribution in [2.45, 2.75) is 19.8 Å². The first-order valence-electron chi connectivity index (χ1n) is 7.09. The first-order valence-corrected chi connectivity index (χ1v) is 9.80. The zero-order valence-corrected chi connectivity index (χ0v) is 14.9. The normalized spacial score (nSPS) is 11.5. The van der Waals surface area contributed by atoms with Crippen molar-refractivity contribution in [1.29, 1.82) is 0 Å². The summed E-state index contributed by atoms with van der Waals surface area (Å²) in [5, 5.41) is 0.184. The second-order valence-corrected chi connectivity index (χ2v) is 8.09. The molecule has 0 aliphatic heterocycles. The molecule has 0 radical (unpaired) electrons. The lowest BCUT2D eigenvalue weighted by molar-refractivity contribution is -0.137. The summed E-state index contributed by atoms with van der Waals surface area (Å²) in [7, 11) is -2.60. The van der Waals surface area contributed by atoms with Crippen LogP contribution in [0.15, 0.2) is 28.6 Å². The van der Waals surface area contributed by atoms with E-state index in [0.29, 0.717) is 12.2 Å². The second kappa shape index (κ2) is 8.84. The van der Waals surface area contributed by atoms with Gasteiger partial charge < -0.3 is 4.74 Å². The molecule has 0 atom stereocenters. The zero-order valence-electron chi connectivity index (χ0n) is 13.4. The molecule has 1 rings (SSSR count). The Labute approximate surface area is 141 Å². The van der Waals surface area contributed by atoms with Crippen LogP contribution in [-0.2, 0) is 19.3 Å². The van der Waals surface area contributed by atoms with E-state index in [-0.39, 0.29) is 10.6 Å². The lowest BCUT2D eigenvalue weighted by Gasteiger charge is -2.05. The van der Waals surface area contributed by atoms with Crippen LogP contribution in [0.3, 0.4) is 0 Å². The Morgan fingerprint density at radius 1 is 1.35 bits per heavy atom. The van der Waals surface area contributed by atoms with Crippen LogP contribution in [0.25, 0.3) is 6.08 Å². The molecule has 0 N–H and O–H groups in total. The number of ether oxygens (including phenoxy) is 1. The summed E-state index contributed by atoms with van der Waals surface area (Å²) in [5.41, 5.74) is 0.533. The maximum Gasteiger partial charge on any atom is 0.330 e. The minimum atomic E-state index is -2.60. The fourth-order valence-electron chi connectivity index (χ4n) is 1.67. The predicted octanol–water partition coefficient (Wildman–Crippen LogP) is 3.56. The van der Waals surface area contributed by atoms with Crippen LogP contribution in [-0.4, -0.2) is 35.2 Å². The number of carbonyl (C=O) groups is 2. The summed E-state index contributed by atoms with van der Waals surface area (Å²) >= 11 is 6.05. The van der Waals surface area contributed by atoms with Crippen molar-refractivity contribution >= 4 is 39.3 Å². The van der Waals surface area contributed by atoms with Crippen molar-refractivity contribution in [1.82, 2.24) is 0 Å². The Bertz CT molecular complexity index is 726. The lowest BCUT2D eigenvalue weighted by Crippen LogP contribution is -2.05. The van der Waals surface area contributed by atoms with E-state index in [4.69, 9.17) is 16.3 Å². The molecule has 0 unspecified atom stereocenters. The topological polar surface area (TPSA) is 72.8 Å².